The molecule has 1 saturated heterocycles. The highest BCUT2D eigenvalue weighted by Crippen LogP contribution is 2.33. The van der Waals surface area contributed by atoms with Crippen LogP contribution in [0.25, 0.3) is 0 Å². The summed E-state index contributed by atoms with van der Waals surface area (Å²) >= 11 is 0. The van der Waals surface area contributed by atoms with Gasteiger partial charge < -0.3 is 9.80 Å². The molecule has 9 nitrogen and oxygen atoms in total. The summed E-state index contributed by atoms with van der Waals surface area (Å²) in [6, 6.07) is 6.27. The van der Waals surface area contributed by atoms with Crippen LogP contribution in [0.4, 0.5) is 11.6 Å². The lowest BCUT2D eigenvalue weighted by Crippen LogP contribution is -2.56. The molecule has 0 radical (unpaired) electrons. The first kappa shape index (κ1) is 19.1. The Hall–Kier alpha value is -3.27. The maximum Gasteiger partial charge on any atom is 0.264 e. The van der Waals surface area contributed by atoms with Crippen molar-refractivity contribution < 1.29 is 18.0 Å². The van der Waals surface area contributed by atoms with Crippen molar-refractivity contribution >= 4 is 33.5 Å². The third kappa shape index (κ3) is 3.58. The maximum absolute atomic E-state index is 12.8. The minimum Gasteiger partial charge on any atom is -0.337 e. The summed E-state index contributed by atoms with van der Waals surface area (Å²) in [6.45, 7) is 4.69. The molecule has 150 valence electrons. The fourth-order valence-corrected chi connectivity index (χ4v) is 4.48. The van der Waals surface area contributed by atoms with Crippen molar-refractivity contribution in [1.29, 1.82) is 0 Å². The first-order chi connectivity index (χ1) is 13.9. The Balaban J connectivity index is 1.49. The van der Waals surface area contributed by atoms with E-state index in [4.69, 9.17) is 0 Å². The number of nitrogens with one attached hydrogen (secondary N) is 1. The van der Waals surface area contributed by atoms with Crippen molar-refractivity contribution in [2.45, 2.75) is 11.3 Å². The van der Waals surface area contributed by atoms with Gasteiger partial charge >= 0.3 is 0 Å². The van der Waals surface area contributed by atoms with E-state index in [1.807, 2.05) is 0 Å². The number of likely N-dealkylation sites (tertiary alicyclic amines) is 1. The average molecular weight is 413 g/mol. The second-order valence-corrected chi connectivity index (χ2v) is 8.53. The predicted octanol–water partition coefficient (Wildman–Crippen LogP) is 0.811. The quantitative estimate of drug-likeness (QED) is 0.726. The standard InChI is InChI=1S/C19H19N5O4S/c1-2-17(25)23-11-14(12-23)18(26)24-9-6-13-10-15(4-5-16(13)24)29(27,28)22-19-20-7-3-8-21-19/h2-5,7-8,10,14H,1,6,9,11-12H2,(H,20,21,22). The molecule has 0 spiro atoms. The molecule has 0 unspecified atom stereocenters. The molecule has 0 atom stereocenters. The molecule has 1 aromatic carbocycles. The molecule has 2 aromatic rings. The SMILES string of the molecule is C=CC(=O)N1CC(C(=O)N2CCc3cc(S(=O)(=O)Nc4ncccn4)ccc32)C1. The average Bonchev–Trinajstić information content (AvgIpc) is 3.10. The number of sulfonamides is 1. The highest BCUT2D eigenvalue weighted by Gasteiger charge is 2.39. The van der Waals surface area contributed by atoms with Gasteiger partial charge in [-0.3, -0.25) is 9.59 Å². The van der Waals surface area contributed by atoms with Crippen LogP contribution in [0, 0.1) is 5.92 Å². The molecular weight excluding hydrogens is 394 g/mol. The number of amides is 2. The van der Waals surface area contributed by atoms with E-state index >= 15 is 0 Å². The van der Waals surface area contributed by atoms with Crippen LogP contribution >= 0.6 is 0 Å². The summed E-state index contributed by atoms with van der Waals surface area (Å²) in [6.07, 6.45) is 4.69. The molecule has 0 bridgehead atoms. The number of carbonyl (C=O) groups excluding carboxylic acids is 2. The lowest BCUT2D eigenvalue weighted by molar-refractivity contribution is -0.138. The lowest BCUT2D eigenvalue weighted by Gasteiger charge is -2.39. The van der Waals surface area contributed by atoms with E-state index in [1.165, 1.54) is 24.5 Å². The van der Waals surface area contributed by atoms with Crippen molar-refractivity contribution in [3.8, 4) is 0 Å². The van der Waals surface area contributed by atoms with Gasteiger partial charge in [0.1, 0.15) is 0 Å². The predicted molar refractivity (Wildman–Crippen MR) is 106 cm³/mol. The van der Waals surface area contributed by atoms with E-state index in [0.29, 0.717) is 31.7 Å². The van der Waals surface area contributed by atoms with Gasteiger partial charge in [0.25, 0.3) is 10.0 Å². The zero-order chi connectivity index (χ0) is 20.6. The van der Waals surface area contributed by atoms with E-state index in [9.17, 15) is 18.0 Å². The number of carbonyl (C=O) groups is 2. The summed E-state index contributed by atoms with van der Waals surface area (Å²) in [5.41, 5.74) is 1.49. The second-order valence-electron chi connectivity index (χ2n) is 6.85. The molecule has 2 amide bonds. The number of anilines is 2. The van der Waals surface area contributed by atoms with Crippen LogP contribution in [0.5, 0.6) is 0 Å². The molecule has 1 fully saturated rings. The number of rotatable bonds is 5. The Labute approximate surface area is 168 Å². The molecule has 3 heterocycles. The summed E-state index contributed by atoms with van der Waals surface area (Å²) in [5, 5.41) is 0. The Bertz CT molecular complexity index is 1080. The highest BCUT2D eigenvalue weighted by molar-refractivity contribution is 7.92. The fraction of sp³-hybridized carbons (Fsp3) is 0.263. The van der Waals surface area contributed by atoms with E-state index in [0.717, 1.165) is 5.56 Å². The topological polar surface area (TPSA) is 113 Å². The monoisotopic (exact) mass is 413 g/mol. The van der Waals surface area contributed by atoms with E-state index < -0.39 is 10.0 Å². The van der Waals surface area contributed by atoms with Crippen LogP contribution < -0.4 is 9.62 Å². The number of hydrogen-bond donors (Lipinski definition) is 1. The number of hydrogen-bond acceptors (Lipinski definition) is 6. The number of benzene rings is 1. The van der Waals surface area contributed by atoms with Crippen LogP contribution in [0.1, 0.15) is 5.56 Å². The van der Waals surface area contributed by atoms with Gasteiger partial charge in [-0.15, -0.1) is 0 Å². The van der Waals surface area contributed by atoms with Crippen molar-refractivity contribution in [1.82, 2.24) is 14.9 Å². The van der Waals surface area contributed by atoms with Gasteiger partial charge in [0.15, 0.2) is 0 Å². The molecule has 0 aliphatic carbocycles. The lowest BCUT2D eigenvalue weighted by atomic mass is 9.98. The molecule has 2 aliphatic heterocycles. The molecular formula is C19H19N5O4S. The Morgan fingerprint density at radius 3 is 2.62 bits per heavy atom. The zero-order valence-corrected chi connectivity index (χ0v) is 16.3. The van der Waals surface area contributed by atoms with E-state index in [1.54, 1.807) is 28.0 Å². The number of nitrogens with zero attached hydrogens (tertiary/aromatic N) is 4. The molecule has 29 heavy (non-hydrogen) atoms. The van der Waals surface area contributed by atoms with Crippen molar-refractivity contribution in [2.75, 3.05) is 29.3 Å². The Kier molecular flexibility index (Phi) is 4.79. The van der Waals surface area contributed by atoms with Gasteiger partial charge in [-0.2, -0.15) is 0 Å². The van der Waals surface area contributed by atoms with Crippen LogP contribution in [-0.4, -0.2) is 54.7 Å². The molecule has 0 saturated carbocycles. The molecule has 2 aliphatic rings. The van der Waals surface area contributed by atoms with Gasteiger partial charge in [0.2, 0.25) is 17.8 Å². The summed E-state index contributed by atoms with van der Waals surface area (Å²) in [4.78, 5) is 35.4. The summed E-state index contributed by atoms with van der Waals surface area (Å²) < 4.78 is 27.5. The minimum absolute atomic E-state index is 0.00610. The van der Waals surface area contributed by atoms with Crippen LogP contribution in [-0.2, 0) is 26.0 Å². The first-order valence-corrected chi connectivity index (χ1v) is 10.5. The Morgan fingerprint density at radius 2 is 1.93 bits per heavy atom. The minimum atomic E-state index is -3.83. The third-order valence-electron chi connectivity index (χ3n) is 5.03. The first-order valence-electron chi connectivity index (χ1n) is 9.04. The number of aromatic nitrogens is 2. The smallest absolute Gasteiger partial charge is 0.264 e. The fourth-order valence-electron chi connectivity index (χ4n) is 3.47. The Morgan fingerprint density at radius 1 is 1.21 bits per heavy atom. The normalized spacial score (nSPS) is 16.1. The van der Waals surface area contributed by atoms with Crippen LogP contribution in [0.15, 0.2) is 54.2 Å². The summed E-state index contributed by atoms with van der Waals surface area (Å²) in [7, 11) is -3.83. The highest BCUT2D eigenvalue weighted by atomic mass is 32.2. The van der Waals surface area contributed by atoms with Gasteiger partial charge in [0, 0.05) is 37.7 Å². The van der Waals surface area contributed by atoms with Gasteiger partial charge in [-0.1, -0.05) is 6.58 Å². The second kappa shape index (κ2) is 7.28. The summed E-state index contributed by atoms with van der Waals surface area (Å²) in [5.74, 6) is -0.484. The van der Waals surface area contributed by atoms with Gasteiger partial charge in [0.05, 0.1) is 10.8 Å². The molecule has 4 rings (SSSR count). The van der Waals surface area contributed by atoms with Crippen LogP contribution in [0.3, 0.4) is 0 Å². The third-order valence-corrected chi connectivity index (χ3v) is 6.36. The molecule has 1 aromatic heterocycles. The van der Waals surface area contributed by atoms with E-state index in [-0.39, 0.29) is 28.6 Å². The number of fused-ring (bicyclic) bond motifs is 1. The van der Waals surface area contributed by atoms with E-state index in [2.05, 4.69) is 21.3 Å². The molecule has 10 heteroatoms. The zero-order valence-electron chi connectivity index (χ0n) is 15.5. The van der Waals surface area contributed by atoms with Crippen molar-refractivity contribution in [3.63, 3.8) is 0 Å². The molecule has 1 N–H and O–H groups in total. The van der Waals surface area contributed by atoms with Gasteiger partial charge in [-0.25, -0.2) is 23.1 Å². The van der Waals surface area contributed by atoms with Crippen molar-refractivity contribution in [3.05, 3.63) is 54.9 Å². The van der Waals surface area contributed by atoms with Crippen LogP contribution in [0.2, 0.25) is 0 Å². The largest absolute Gasteiger partial charge is 0.337 e. The van der Waals surface area contributed by atoms with Gasteiger partial charge in [-0.05, 0) is 42.3 Å². The van der Waals surface area contributed by atoms with Crippen molar-refractivity contribution in [2.24, 2.45) is 5.92 Å². The maximum atomic E-state index is 12.8.